The van der Waals surface area contributed by atoms with Gasteiger partial charge in [0.2, 0.25) is 5.65 Å². The lowest BCUT2D eigenvalue weighted by molar-refractivity contribution is 0.503. The molecule has 16 heavy (non-hydrogen) atoms. The summed E-state index contributed by atoms with van der Waals surface area (Å²) in [6.45, 7) is 1.84. The highest BCUT2D eigenvalue weighted by atomic mass is 15.3. The molecule has 0 aliphatic carbocycles. The molecule has 0 bridgehead atoms. The van der Waals surface area contributed by atoms with E-state index in [-0.39, 0.29) is 6.04 Å². The first kappa shape index (κ1) is 9.53. The Hall–Kier alpha value is -1.69. The van der Waals surface area contributed by atoms with Crippen LogP contribution < -0.4 is 10.6 Å². The number of rotatable bonds is 1. The van der Waals surface area contributed by atoms with Crippen molar-refractivity contribution in [3.63, 3.8) is 0 Å². The van der Waals surface area contributed by atoms with Crippen LogP contribution in [0.5, 0.6) is 0 Å². The number of fused-ring (bicyclic) bond motifs is 1. The van der Waals surface area contributed by atoms with Gasteiger partial charge in [0, 0.05) is 31.5 Å². The summed E-state index contributed by atoms with van der Waals surface area (Å²) in [5.74, 6) is 0.884. The van der Waals surface area contributed by atoms with Gasteiger partial charge in [-0.15, -0.1) is 10.2 Å². The van der Waals surface area contributed by atoms with Gasteiger partial charge < -0.3 is 10.6 Å². The third kappa shape index (κ3) is 1.51. The predicted octanol–water partition coefficient (Wildman–Crippen LogP) is 0.0518. The van der Waals surface area contributed by atoms with Crippen molar-refractivity contribution in [3.8, 4) is 0 Å². The summed E-state index contributed by atoms with van der Waals surface area (Å²) in [5.41, 5.74) is 6.77. The van der Waals surface area contributed by atoms with Gasteiger partial charge in [-0.25, -0.2) is 4.98 Å². The van der Waals surface area contributed by atoms with Crippen molar-refractivity contribution in [2.24, 2.45) is 5.73 Å². The lowest BCUT2D eigenvalue weighted by Gasteiger charge is -2.31. The summed E-state index contributed by atoms with van der Waals surface area (Å²) in [5, 5.41) is 7.98. The zero-order chi connectivity index (χ0) is 11.0. The minimum atomic E-state index is 0.235. The molecule has 1 atom stereocenters. The predicted molar refractivity (Wildman–Crippen MR) is 60.2 cm³/mol. The molecular formula is C10H14N6. The van der Waals surface area contributed by atoms with Crippen molar-refractivity contribution in [2.45, 2.75) is 18.9 Å². The molecule has 0 saturated carbocycles. The van der Waals surface area contributed by atoms with E-state index in [0.717, 1.165) is 37.4 Å². The van der Waals surface area contributed by atoms with Crippen LogP contribution in [0.4, 0.5) is 5.82 Å². The highest BCUT2D eigenvalue weighted by Gasteiger charge is 2.20. The Morgan fingerprint density at radius 1 is 1.44 bits per heavy atom. The molecule has 1 aliphatic heterocycles. The summed E-state index contributed by atoms with van der Waals surface area (Å²) in [6.07, 6.45) is 7.50. The Kier molecular flexibility index (Phi) is 2.21. The minimum absolute atomic E-state index is 0.235. The highest BCUT2D eigenvalue weighted by Crippen LogP contribution is 2.20. The zero-order valence-corrected chi connectivity index (χ0v) is 8.95. The highest BCUT2D eigenvalue weighted by molar-refractivity contribution is 5.63. The van der Waals surface area contributed by atoms with Crippen molar-refractivity contribution in [1.82, 2.24) is 19.6 Å². The van der Waals surface area contributed by atoms with Crippen molar-refractivity contribution >= 4 is 11.5 Å². The topological polar surface area (TPSA) is 72.3 Å². The molecule has 0 aromatic carbocycles. The van der Waals surface area contributed by atoms with Gasteiger partial charge in [0.25, 0.3) is 0 Å². The van der Waals surface area contributed by atoms with Gasteiger partial charge in [-0.05, 0) is 12.8 Å². The molecule has 6 heteroatoms. The van der Waals surface area contributed by atoms with Crippen LogP contribution in [0, 0.1) is 0 Å². The van der Waals surface area contributed by atoms with E-state index in [1.165, 1.54) is 0 Å². The molecule has 1 saturated heterocycles. The van der Waals surface area contributed by atoms with Gasteiger partial charge in [0.1, 0.15) is 6.33 Å². The first-order chi connectivity index (χ1) is 7.84. The number of nitrogens with zero attached hydrogens (tertiary/aromatic N) is 5. The van der Waals surface area contributed by atoms with Crippen molar-refractivity contribution in [2.75, 3.05) is 18.0 Å². The molecule has 0 amide bonds. The molecule has 2 aromatic rings. The SMILES string of the molecule is N[C@@H]1CCCN(c2nccn3cnnc23)C1. The quantitative estimate of drug-likeness (QED) is 0.732. The minimum Gasteiger partial charge on any atom is -0.352 e. The van der Waals surface area contributed by atoms with E-state index in [1.54, 1.807) is 12.5 Å². The Morgan fingerprint density at radius 2 is 2.38 bits per heavy atom. The second-order valence-electron chi connectivity index (χ2n) is 4.16. The molecule has 2 N–H and O–H groups in total. The molecule has 0 radical (unpaired) electrons. The van der Waals surface area contributed by atoms with E-state index in [0.29, 0.717) is 0 Å². The van der Waals surface area contributed by atoms with Gasteiger partial charge in [-0.3, -0.25) is 4.40 Å². The standard InChI is InChI=1S/C10H14N6/c11-8-2-1-4-15(6-8)9-10-14-13-7-16(10)5-3-12-9/h3,5,7-8H,1-2,4,6,11H2/t8-/m1/s1. The molecule has 1 aliphatic rings. The maximum Gasteiger partial charge on any atom is 0.203 e. The first-order valence-corrected chi connectivity index (χ1v) is 5.49. The number of hydrogen-bond acceptors (Lipinski definition) is 5. The van der Waals surface area contributed by atoms with Crippen LogP contribution >= 0.6 is 0 Å². The monoisotopic (exact) mass is 218 g/mol. The number of piperidine rings is 1. The number of hydrogen-bond donors (Lipinski definition) is 1. The largest absolute Gasteiger partial charge is 0.352 e. The molecule has 84 valence electrons. The molecule has 1 fully saturated rings. The van der Waals surface area contributed by atoms with Crippen molar-refractivity contribution in [3.05, 3.63) is 18.7 Å². The van der Waals surface area contributed by atoms with E-state index in [1.807, 2.05) is 10.6 Å². The summed E-state index contributed by atoms with van der Waals surface area (Å²) in [4.78, 5) is 6.58. The lowest BCUT2D eigenvalue weighted by atomic mass is 10.1. The summed E-state index contributed by atoms with van der Waals surface area (Å²) in [7, 11) is 0. The second-order valence-corrected chi connectivity index (χ2v) is 4.16. The van der Waals surface area contributed by atoms with Gasteiger partial charge in [-0.2, -0.15) is 0 Å². The molecule has 3 heterocycles. The van der Waals surface area contributed by atoms with Crippen molar-refractivity contribution < 1.29 is 0 Å². The fourth-order valence-corrected chi connectivity index (χ4v) is 2.17. The van der Waals surface area contributed by atoms with Crippen LogP contribution in [-0.4, -0.2) is 38.7 Å². The Morgan fingerprint density at radius 3 is 3.25 bits per heavy atom. The van der Waals surface area contributed by atoms with Gasteiger partial charge in [0.05, 0.1) is 0 Å². The number of aromatic nitrogens is 4. The third-order valence-corrected chi connectivity index (χ3v) is 2.95. The summed E-state index contributed by atoms with van der Waals surface area (Å²) >= 11 is 0. The normalized spacial score (nSPS) is 21.6. The smallest absolute Gasteiger partial charge is 0.203 e. The van der Waals surface area contributed by atoms with Gasteiger partial charge in [-0.1, -0.05) is 0 Å². The van der Waals surface area contributed by atoms with Gasteiger partial charge in [0.15, 0.2) is 5.82 Å². The maximum atomic E-state index is 5.97. The van der Waals surface area contributed by atoms with Crippen molar-refractivity contribution in [1.29, 1.82) is 0 Å². The fourth-order valence-electron chi connectivity index (χ4n) is 2.17. The Labute approximate surface area is 93.1 Å². The number of anilines is 1. The van der Waals surface area contributed by atoms with E-state index < -0.39 is 0 Å². The summed E-state index contributed by atoms with van der Waals surface area (Å²) in [6, 6.07) is 0.235. The van der Waals surface area contributed by atoms with E-state index in [9.17, 15) is 0 Å². The average molecular weight is 218 g/mol. The second kappa shape index (κ2) is 3.71. The number of nitrogens with two attached hydrogens (primary N) is 1. The van der Waals surface area contributed by atoms with Crippen LogP contribution in [-0.2, 0) is 0 Å². The molecular weight excluding hydrogens is 204 g/mol. The van der Waals surface area contributed by atoms with Crippen LogP contribution in [0.1, 0.15) is 12.8 Å². The van der Waals surface area contributed by atoms with Crippen LogP contribution in [0.2, 0.25) is 0 Å². The summed E-state index contributed by atoms with van der Waals surface area (Å²) < 4.78 is 1.88. The first-order valence-electron chi connectivity index (χ1n) is 5.49. The lowest BCUT2D eigenvalue weighted by Crippen LogP contribution is -2.43. The molecule has 6 nitrogen and oxygen atoms in total. The molecule has 3 rings (SSSR count). The van der Waals surface area contributed by atoms with Crippen LogP contribution in [0.3, 0.4) is 0 Å². The van der Waals surface area contributed by atoms with Crippen LogP contribution in [0.15, 0.2) is 18.7 Å². The Bertz CT molecular complexity index is 493. The van der Waals surface area contributed by atoms with E-state index in [2.05, 4.69) is 20.1 Å². The maximum absolute atomic E-state index is 5.97. The molecule has 0 unspecified atom stereocenters. The van der Waals surface area contributed by atoms with E-state index >= 15 is 0 Å². The third-order valence-electron chi connectivity index (χ3n) is 2.95. The Balaban J connectivity index is 2.01. The van der Waals surface area contributed by atoms with E-state index in [4.69, 9.17) is 5.73 Å². The zero-order valence-electron chi connectivity index (χ0n) is 8.95. The molecule has 0 spiro atoms. The average Bonchev–Trinajstić information content (AvgIpc) is 2.76. The van der Waals surface area contributed by atoms with Crippen LogP contribution in [0.25, 0.3) is 5.65 Å². The fraction of sp³-hybridized carbons (Fsp3) is 0.500. The molecule has 2 aromatic heterocycles. The van der Waals surface area contributed by atoms with Gasteiger partial charge >= 0.3 is 0 Å².